The minimum atomic E-state index is -1.39. The number of rotatable bonds is 4. The number of fused-ring (bicyclic) bond motifs is 1. The van der Waals surface area contributed by atoms with Crippen molar-refractivity contribution in [3.8, 4) is 0 Å². The van der Waals surface area contributed by atoms with Gasteiger partial charge in [-0.05, 0) is 50.0 Å². The van der Waals surface area contributed by atoms with E-state index in [4.69, 9.17) is 0 Å². The zero-order valence-corrected chi connectivity index (χ0v) is 15.4. The minimum Gasteiger partial charge on any atom is -0.366 e. The molecular formula is C20H27FN4O2. The molecule has 1 spiro atoms. The van der Waals surface area contributed by atoms with Crippen molar-refractivity contribution in [1.82, 2.24) is 15.3 Å². The molecule has 4 rings (SSSR count). The molecule has 4 N–H and O–H groups in total. The lowest BCUT2D eigenvalue weighted by Gasteiger charge is -2.43. The molecule has 6 nitrogen and oxygen atoms in total. The van der Waals surface area contributed by atoms with E-state index in [0.29, 0.717) is 22.1 Å². The molecule has 27 heavy (non-hydrogen) atoms. The highest BCUT2D eigenvalue weighted by molar-refractivity contribution is 5.92. The van der Waals surface area contributed by atoms with E-state index >= 15 is 0 Å². The standard InChI is InChI=1S/C20H27FN4O2/c21-13-10-15-16(12-23-17(15)22-11-13)25-19(27)18(26)24-14-4-8-20(9-5-14)6-2-1-3-7-20/h10-12,14,19,25,27H,1-9H2,(H,22,23)(H,24,26). The smallest absolute Gasteiger partial charge is 0.270 e. The number of H-pyrrole nitrogens is 1. The Labute approximate surface area is 157 Å². The zero-order chi connectivity index (χ0) is 18.9. The van der Waals surface area contributed by atoms with Crippen LogP contribution in [-0.2, 0) is 4.79 Å². The number of anilines is 1. The van der Waals surface area contributed by atoms with Gasteiger partial charge in [-0.25, -0.2) is 9.37 Å². The van der Waals surface area contributed by atoms with Gasteiger partial charge >= 0.3 is 0 Å². The second kappa shape index (κ2) is 7.46. The van der Waals surface area contributed by atoms with E-state index in [0.717, 1.165) is 31.9 Å². The molecule has 146 valence electrons. The maximum absolute atomic E-state index is 13.4. The molecular weight excluding hydrogens is 347 g/mol. The van der Waals surface area contributed by atoms with E-state index in [1.807, 2.05) is 0 Å². The Morgan fingerprint density at radius 1 is 1.26 bits per heavy atom. The van der Waals surface area contributed by atoms with Gasteiger partial charge in [0.15, 0.2) is 0 Å². The molecule has 0 aromatic carbocycles. The third-order valence-electron chi connectivity index (χ3n) is 6.35. The zero-order valence-electron chi connectivity index (χ0n) is 15.4. The van der Waals surface area contributed by atoms with Gasteiger partial charge in [0.2, 0.25) is 6.23 Å². The number of hydrogen-bond acceptors (Lipinski definition) is 4. The van der Waals surface area contributed by atoms with Gasteiger partial charge in [-0.2, -0.15) is 0 Å². The first kappa shape index (κ1) is 18.2. The van der Waals surface area contributed by atoms with Crippen LogP contribution in [0.3, 0.4) is 0 Å². The first-order valence-corrected chi connectivity index (χ1v) is 9.92. The Kier molecular flexibility index (Phi) is 5.04. The number of pyridine rings is 1. The first-order chi connectivity index (χ1) is 13.0. The summed E-state index contributed by atoms with van der Waals surface area (Å²) in [5.74, 6) is -0.916. The molecule has 2 fully saturated rings. The fourth-order valence-corrected chi connectivity index (χ4v) is 4.77. The lowest BCUT2D eigenvalue weighted by molar-refractivity contribution is -0.129. The predicted octanol–water partition coefficient (Wildman–Crippen LogP) is 3.44. The topological polar surface area (TPSA) is 90.0 Å². The molecule has 0 saturated heterocycles. The Balaban J connectivity index is 1.32. The van der Waals surface area contributed by atoms with Crippen molar-refractivity contribution in [2.45, 2.75) is 70.1 Å². The van der Waals surface area contributed by atoms with Crippen LogP contribution in [-0.4, -0.2) is 33.3 Å². The summed E-state index contributed by atoms with van der Waals surface area (Å²) in [6.07, 6.45) is 12.2. The molecule has 1 amide bonds. The Bertz CT molecular complexity index is 805. The lowest BCUT2D eigenvalue weighted by Crippen LogP contribution is -2.47. The number of nitrogens with one attached hydrogen (secondary N) is 3. The van der Waals surface area contributed by atoms with Crippen molar-refractivity contribution >= 4 is 22.6 Å². The average molecular weight is 374 g/mol. The Hall–Kier alpha value is -2.15. The maximum atomic E-state index is 13.4. The van der Waals surface area contributed by atoms with Crippen LogP contribution < -0.4 is 10.6 Å². The molecule has 1 unspecified atom stereocenters. The molecule has 2 aliphatic rings. The number of carbonyl (C=O) groups excluding carboxylic acids is 1. The summed E-state index contributed by atoms with van der Waals surface area (Å²) in [6, 6.07) is 1.43. The first-order valence-electron chi connectivity index (χ1n) is 9.92. The molecule has 2 aliphatic carbocycles. The van der Waals surface area contributed by atoms with Crippen LogP contribution in [0.5, 0.6) is 0 Å². The summed E-state index contributed by atoms with van der Waals surface area (Å²) in [5, 5.41) is 16.4. The van der Waals surface area contributed by atoms with Gasteiger partial charge in [-0.1, -0.05) is 19.3 Å². The molecule has 7 heteroatoms. The maximum Gasteiger partial charge on any atom is 0.270 e. The average Bonchev–Trinajstić information content (AvgIpc) is 3.06. The normalized spacial score (nSPS) is 21.3. The molecule has 2 saturated carbocycles. The van der Waals surface area contributed by atoms with Crippen LogP contribution in [0.2, 0.25) is 0 Å². The van der Waals surface area contributed by atoms with Crippen LogP contribution in [0, 0.1) is 11.2 Å². The quantitative estimate of drug-likeness (QED) is 0.617. The second-order valence-corrected chi connectivity index (χ2v) is 8.14. The van der Waals surface area contributed by atoms with Crippen LogP contribution in [0.15, 0.2) is 18.5 Å². The van der Waals surface area contributed by atoms with Crippen molar-refractivity contribution in [2.75, 3.05) is 5.32 Å². The van der Waals surface area contributed by atoms with Crippen LogP contribution in [0.25, 0.3) is 11.0 Å². The number of aliphatic hydroxyl groups excluding tert-OH is 1. The van der Waals surface area contributed by atoms with E-state index in [1.54, 1.807) is 6.20 Å². The highest BCUT2D eigenvalue weighted by Crippen LogP contribution is 2.47. The van der Waals surface area contributed by atoms with E-state index < -0.39 is 18.0 Å². The van der Waals surface area contributed by atoms with E-state index in [1.165, 1.54) is 38.2 Å². The Morgan fingerprint density at radius 3 is 2.74 bits per heavy atom. The summed E-state index contributed by atoms with van der Waals surface area (Å²) >= 11 is 0. The fraction of sp³-hybridized carbons (Fsp3) is 0.600. The second-order valence-electron chi connectivity index (χ2n) is 8.14. The predicted molar refractivity (Wildman–Crippen MR) is 102 cm³/mol. The molecule has 2 aromatic heterocycles. The molecule has 0 radical (unpaired) electrons. The van der Waals surface area contributed by atoms with Crippen LogP contribution in [0.4, 0.5) is 10.1 Å². The third-order valence-corrected chi connectivity index (χ3v) is 6.35. The van der Waals surface area contributed by atoms with E-state index in [9.17, 15) is 14.3 Å². The lowest BCUT2D eigenvalue weighted by atomic mass is 9.64. The molecule has 0 aliphatic heterocycles. The van der Waals surface area contributed by atoms with Crippen molar-refractivity contribution in [3.63, 3.8) is 0 Å². The third kappa shape index (κ3) is 3.93. The van der Waals surface area contributed by atoms with E-state index in [2.05, 4.69) is 20.6 Å². The number of carbonyl (C=O) groups is 1. The largest absolute Gasteiger partial charge is 0.366 e. The van der Waals surface area contributed by atoms with Crippen LogP contribution >= 0.6 is 0 Å². The summed E-state index contributed by atoms with van der Waals surface area (Å²) in [7, 11) is 0. The van der Waals surface area contributed by atoms with Gasteiger partial charge in [0, 0.05) is 17.6 Å². The SMILES string of the molecule is O=C(NC1CCC2(CCCCC2)CC1)C(O)Nc1c[nH]c2ncc(F)cc12. The summed E-state index contributed by atoms with van der Waals surface area (Å²) in [6.45, 7) is 0. The number of amides is 1. The van der Waals surface area contributed by atoms with Gasteiger partial charge in [0.25, 0.3) is 5.91 Å². The number of aromatic amines is 1. The van der Waals surface area contributed by atoms with Gasteiger partial charge in [0.1, 0.15) is 11.5 Å². The summed E-state index contributed by atoms with van der Waals surface area (Å²) < 4.78 is 13.4. The summed E-state index contributed by atoms with van der Waals surface area (Å²) in [4.78, 5) is 19.2. The minimum absolute atomic E-state index is 0.114. The number of aliphatic hydroxyl groups is 1. The van der Waals surface area contributed by atoms with Gasteiger partial charge in [0.05, 0.1) is 11.9 Å². The molecule has 2 aromatic rings. The van der Waals surface area contributed by atoms with Crippen molar-refractivity contribution in [2.24, 2.45) is 5.41 Å². The highest BCUT2D eigenvalue weighted by Gasteiger charge is 2.36. The summed E-state index contributed by atoms with van der Waals surface area (Å²) in [5.41, 5.74) is 1.44. The van der Waals surface area contributed by atoms with Crippen molar-refractivity contribution < 1.29 is 14.3 Å². The van der Waals surface area contributed by atoms with Crippen LogP contribution in [0.1, 0.15) is 57.8 Å². The number of aromatic nitrogens is 2. The van der Waals surface area contributed by atoms with Crippen molar-refractivity contribution in [3.05, 3.63) is 24.3 Å². The van der Waals surface area contributed by atoms with E-state index in [-0.39, 0.29) is 6.04 Å². The number of nitrogens with zero attached hydrogens (tertiary/aromatic N) is 1. The fourth-order valence-electron chi connectivity index (χ4n) is 4.77. The molecule has 1 atom stereocenters. The number of halogens is 1. The highest BCUT2D eigenvalue weighted by atomic mass is 19.1. The van der Waals surface area contributed by atoms with Crippen molar-refractivity contribution in [1.29, 1.82) is 0 Å². The molecule has 0 bridgehead atoms. The van der Waals surface area contributed by atoms with Gasteiger partial charge in [-0.3, -0.25) is 4.79 Å². The monoisotopic (exact) mass is 374 g/mol. The number of hydrogen-bond donors (Lipinski definition) is 4. The van der Waals surface area contributed by atoms with Gasteiger partial charge in [-0.15, -0.1) is 0 Å². The van der Waals surface area contributed by atoms with Gasteiger partial charge < -0.3 is 20.7 Å². The Morgan fingerprint density at radius 2 is 2.00 bits per heavy atom. The molecule has 2 heterocycles.